The van der Waals surface area contributed by atoms with Crippen LogP contribution in [-0.2, 0) is 9.84 Å². The minimum absolute atomic E-state index is 0.0924. The molecule has 1 aromatic rings. The average molecular weight is 276 g/mol. The summed E-state index contributed by atoms with van der Waals surface area (Å²) in [6, 6.07) is 2.61. The van der Waals surface area contributed by atoms with Gasteiger partial charge in [-0.1, -0.05) is 0 Å². The number of anilines is 2. The van der Waals surface area contributed by atoms with Gasteiger partial charge in [0.25, 0.3) is 0 Å². The zero-order chi connectivity index (χ0) is 13.8. The van der Waals surface area contributed by atoms with Gasteiger partial charge in [0.15, 0.2) is 11.6 Å². The molecule has 0 heterocycles. The zero-order valence-electron chi connectivity index (χ0n) is 10.4. The molecule has 0 atom stereocenters. The van der Waals surface area contributed by atoms with E-state index in [-0.39, 0.29) is 17.2 Å². The fraction of sp³-hybridized carbons (Fsp3) is 0.455. The van der Waals surface area contributed by atoms with Crippen LogP contribution in [0.25, 0.3) is 0 Å². The van der Waals surface area contributed by atoms with Crippen molar-refractivity contribution in [2.45, 2.75) is 6.42 Å². The summed E-state index contributed by atoms with van der Waals surface area (Å²) in [5, 5.41) is 2.95. The van der Waals surface area contributed by atoms with Crippen LogP contribution in [-0.4, -0.2) is 34.1 Å². The molecule has 0 spiro atoms. The fourth-order valence-corrected chi connectivity index (χ4v) is 2.10. The van der Waals surface area contributed by atoms with Crippen LogP contribution in [0.3, 0.4) is 0 Å². The van der Waals surface area contributed by atoms with Crippen LogP contribution < -0.4 is 15.8 Å². The van der Waals surface area contributed by atoms with E-state index in [2.05, 4.69) is 5.32 Å². The summed E-state index contributed by atoms with van der Waals surface area (Å²) in [5.74, 6) is -0.343. The second-order valence-corrected chi connectivity index (χ2v) is 6.24. The largest absolute Gasteiger partial charge is 0.494 e. The van der Waals surface area contributed by atoms with Crippen molar-refractivity contribution in [1.29, 1.82) is 0 Å². The number of hydrogen-bond acceptors (Lipinski definition) is 5. The van der Waals surface area contributed by atoms with Crippen molar-refractivity contribution < 1.29 is 17.5 Å². The highest BCUT2D eigenvalue weighted by molar-refractivity contribution is 7.90. The lowest BCUT2D eigenvalue weighted by Crippen LogP contribution is -2.11. The summed E-state index contributed by atoms with van der Waals surface area (Å²) in [6.45, 7) is 0.437. The van der Waals surface area contributed by atoms with E-state index in [9.17, 15) is 12.8 Å². The Morgan fingerprint density at radius 1 is 1.44 bits per heavy atom. The monoisotopic (exact) mass is 276 g/mol. The van der Waals surface area contributed by atoms with Gasteiger partial charge in [-0.15, -0.1) is 0 Å². The van der Waals surface area contributed by atoms with Crippen molar-refractivity contribution in [2.75, 3.05) is 36.7 Å². The molecule has 0 aliphatic carbocycles. The quantitative estimate of drug-likeness (QED) is 0.604. The standard InChI is InChI=1S/C11H17FN2O3S/c1-17-11-7-10(9(13)6-8(11)12)14-4-3-5-18(2,15)16/h6-7,14H,3-5,13H2,1-2H3. The van der Waals surface area contributed by atoms with Crippen LogP contribution in [0, 0.1) is 5.82 Å². The van der Waals surface area contributed by atoms with Gasteiger partial charge in [0.2, 0.25) is 0 Å². The smallest absolute Gasteiger partial charge is 0.167 e. The molecule has 0 aliphatic heterocycles. The number of nitrogen functional groups attached to an aromatic ring is 1. The van der Waals surface area contributed by atoms with Crippen molar-refractivity contribution in [1.82, 2.24) is 0 Å². The van der Waals surface area contributed by atoms with Gasteiger partial charge in [-0.3, -0.25) is 0 Å². The van der Waals surface area contributed by atoms with Crippen molar-refractivity contribution in [3.8, 4) is 5.75 Å². The van der Waals surface area contributed by atoms with Gasteiger partial charge in [-0.2, -0.15) is 0 Å². The van der Waals surface area contributed by atoms with E-state index >= 15 is 0 Å². The first-order valence-corrected chi connectivity index (χ1v) is 7.44. The van der Waals surface area contributed by atoms with E-state index in [0.29, 0.717) is 18.7 Å². The van der Waals surface area contributed by atoms with Crippen LogP contribution in [0.15, 0.2) is 12.1 Å². The maximum atomic E-state index is 13.3. The van der Waals surface area contributed by atoms with E-state index in [1.54, 1.807) is 0 Å². The molecule has 3 N–H and O–H groups in total. The molecule has 0 bridgehead atoms. The Morgan fingerprint density at radius 3 is 2.67 bits per heavy atom. The number of rotatable bonds is 6. The van der Waals surface area contributed by atoms with Crippen molar-refractivity contribution in [3.63, 3.8) is 0 Å². The Bertz CT molecular complexity index is 517. The number of methoxy groups -OCH3 is 1. The molecule has 5 nitrogen and oxygen atoms in total. The van der Waals surface area contributed by atoms with Crippen LogP contribution in [0.1, 0.15) is 6.42 Å². The van der Waals surface area contributed by atoms with Crippen LogP contribution >= 0.6 is 0 Å². The number of nitrogens with two attached hydrogens (primary N) is 1. The Morgan fingerprint density at radius 2 is 2.11 bits per heavy atom. The van der Waals surface area contributed by atoms with Gasteiger partial charge in [0.05, 0.1) is 24.2 Å². The molecule has 7 heteroatoms. The third-order valence-corrected chi connectivity index (χ3v) is 3.36. The highest BCUT2D eigenvalue weighted by Gasteiger charge is 2.08. The normalized spacial score (nSPS) is 11.3. The molecule has 102 valence electrons. The molecule has 0 saturated heterocycles. The summed E-state index contributed by atoms with van der Waals surface area (Å²) in [7, 11) is -1.60. The van der Waals surface area contributed by atoms with Crippen LogP contribution in [0.4, 0.5) is 15.8 Å². The summed E-state index contributed by atoms with van der Waals surface area (Å²) in [6.07, 6.45) is 1.64. The van der Waals surface area contributed by atoms with Crippen LogP contribution in [0.5, 0.6) is 5.75 Å². The predicted octanol–water partition coefficient (Wildman–Crippen LogP) is 1.26. The topological polar surface area (TPSA) is 81.4 Å². The van der Waals surface area contributed by atoms with E-state index in [1.807, 2.05) is 0 Å². The van der Waals surface area contributed by atoms with Gasteiger partial charge in [-0.05, 0) is 6.42 Å². The van der Waals surface area contributed by atoms with Crippen LogP contribution in [0.2, 0.25) is 0 Å². The van der Waals surface area contributed by atoms with E-state index in [4.69, 9.17) is 10.5 Å². The third-order valence-electron chi connectivity index (χ3n) is 2.33. The first-order valence-electron chi connectivity index (χ1n) is 5.38. The average Bonchev–Trinajstić information content (AvgIpc) is 2.25. The van der Waals surface area contributed by atoms with Crippen molar-refractivity contribution >= 4 is 21.2 Å². The summed E-state index contributed by atoms with van der Waals surface area (Å²) in [4.78, 5) is 0. The molecule has 1 rings (SSSR count). The maximum Gasteiger partial charge on any atom is 0.167 e. The second kappa shape index (κ2) is 5.90. The fourth-order valence-electron chi connectivity index (χ4n) is 1.44. The molecule has 0 saturated carbocycles. The Kier molecular flexibility index (Phi) is 4.77. The number of hydrogen-bond donors (Lipinski definition) is 2. The Labute approximate surface area is 106 Å². The molecular weight excluding hydrogens is 259 g/mol. The van der Waals surface area contributed by atoms with E-state index in [1.165, 1.54) is 19.4 Å². The van der Waals surface area contributed by atoms with Crippen molar-refractivity contribution in [3.05, 3.63) is 17.9 Å². The first kappa shape index (κ1) is 14.6. The second-order valence-electron chi connectivity index (χ2n) is 3.98. The summed E-state index contributed by atoms with van der Waals surface area (Å²) < 4.78 is 40.0. The van der Waals surface area contributed by atoms with E-state index in [0.717, 1.165) is 6.07 Å². The maximum absolute atomic E-state index is 13.3. The number of halogens is 1. The molecule has 0 amide bonds. The lowest BCUT2D eigenvalue weighted by Gasteiger charge is -2.11. The SMILES string of the molecule is COc1cc(NCCCS(C)(=O)=O)c(N)cc1F. The number of sulfone groups is 1. The predicted molar refractivity (Wildman–Crippen MR) is 70.2 cm³/mol. The molecule has 0 fully saturated rings. The molecule has 0 aliphatic rings. The summed E-state index contributed by atoms with van der Waals surface area (Å²) in [5.41, 5.74) is 6.42. The molecule has 1 aromatic carbocycles. The van der Waals surface area contributed by atoms with Gasteiger partial charge in [0.1, 0.15) is 9.84 Å². The lowest BCUT2D eigenvalue weighted by atomic mass is 10.2. The minimum atomic E-state index is -2.96. The minimum Gasteiger partial charge on any atom is -0.494 e. The summed E-state index contributed by atoms with van der Waals surface area (Å²) >= 11 is 0. The number of ether oxygens (including phenoxy) is 1. The zero-order valence-corrected chi connectivity index (χ0v) is 11.2. The number of benzene rings is 1. The van der Waals surface area contributed by atoms with Crippen molar-refractivity contribution in [2.24, 2.45) is 0 Å². The molecule has 0 radical (unpaired) electrons. The lowest BCUT2D eigenvalue weighted by molar-refractivity contribution is 0.387. The Hall–Kier alpha value is -1.50. The molecule has 0 aromatic heterocycles. The van der Waals surface area contributed by atoms with Gasteiger partial charge >= 0.3 is 0 Å². The van der Waals surface area contributed by atoms with Gasteiger partial charge in [-0.25, -0.2) is 12.8 Å². The molecule has 18 heavy (non-hydrogen) atoms. The number of nitrogens with one attached hydrogen (secondary N) is 1. The van der Waals surface area contributed by atoms with Gasteiger partial charge < -0.3 is 15.8 Å². The third kappa shape index (κ3) is 4.40. The van der Waals surface area contributed by atoms with Gasteiger partial charge in [0, 0.05) is 24.9 Å². The first-order chi connectivity index (χ1) is 8.33. The molecule has 0 unspecified atom stereocenters. The highest BCUT2D eigenvalue weighted by Crippen LogP contribution is 2.27. The Balaban J connectivity index is 2.62. The van der Waals surface area contributed by atoms with E-state index < -0.39 is 15.7 Å². The highest BCUT2D eigenvalue weighted by atomic mass is 32.2. The molecular formula is C11H17FN2O3S.